The summed E-state index contributed by atoms with van der Waals surface area (Å²) in [6.45, 7) is 3.61. The monoisotopic (exact) mass is 261 g/mol. The number of hydrogen-bond acceptors (Lipinski definition) is 3. The smallest absolute Gasteiger partial charge is 0.163 e. The molecule has 1 aromatic carbocycles. The van der Waals surface area contributed by atoms with Gasteiger partial charge in [-0.15, -0.1) is 0 Å². The molecule has 1 N–H and O–H groups in total. The van der Waals surface area contributed by atoms with Gasteiger partial charge < -0.3 is 14.8 Å². The quantitative estimate of drug-likeness (QED) is 0.896. The van der Waals surface area contributed by atoms with Crippen molar-refractivity contribution in [2.24, 2.45) is 5.92 Å². The molecule has 0 bridgehead atoms. The molecule has 19 heavy (non-hydrogen) atoms. The fraction of sp³-hybridized carbons (Fsp3) is 0.625. The van der Waals surface area contributed by atoms with Crippen molar-refractivity contribution in [2.45, 2.75) is 45.1 Å². The van der Waals surface area contributed by atoms with Gasteiger partial charge in [-0.05, 0) is 30.9 Å². The molecule has 1 aromatic rings. The Morgan fingerprint density at radius 1 is 1.16 bits per heavy atom. The third-order valence-corrected chi connectivity index (χ3v) is 4.27. The van der Waals surface area contributed by atoms with Gasteiger partial charge in [0.1, 0.15) is 13.2 Å². The highest BCUT2D eigenvalue weighted by Crippen LogP contribution is 2.34. The van der Waals surface area contributed by atoms with E-state index in [0.717, 1.165) is 23.1 Å². The zero-order valence-corrected chi connectivity index (χ0v) is 11.7. The lowest BCUT2D eigenvalue weighted by molar-refractivity contribution is 0.171. The van der Waals surface area contributed by atoms with E-state index in [9.17, 15) is 0 Å². The normalized spacial score (nSPS) is 25.9. The predicted molar refractivity (Wildman–Crippen MR) is 77.1 cm³/mol. The Morgan fingerprint density at radius 2 is 2.00 bits per heavy atom. The first-order chi connectivity index (χ1) is 9.35. The van der Waals surface area contributed by atoms with Crippen molar-refractivity contribution >= 4 is 5.69 Å². The third-order valence-electron chi connectivity index (χ3n) is 4.27. The first-order valence-electron chi connectivity index (χ1n) is 7.51. The van der Waals surface area contributed by atoms with Gasteiger partial charge in [-0.25, -0.2) is 0 Å². The number of anilines is 1. The maximum atomic E-state index is 5.63. The molecule has 1 aliphatic heterocycles. The van der Waals surface area contributed by atoms with Crippen LogP contribution in [0.2, 0.25) is 0 Å². The Bertz CT molecular complexity index is 433. The summed E-state index contributed by atoms with van der Waals surface area (Å²) in [6, 6.07) is 6.80. The van der Waals surface area contributed by atoms with E-state index in [4.69, 9.17) is 9.47 Å². The molecular formula is C16H23NO2. The lowest BCUT2D eigenvalue weighted by Gasteiger charge is -2.30. The third kappa shape index (κ3) is 2.96. The van der Waals surface area contributed by atoms with Crippen molar-refractivity contribution in [1.29, 1.82) is 0 Å². The fourth-order valence-electron chi connectivity index (χ4n) is 3.16. The van der Waals surface area contributed by atoms with Crippen LogP contribution in [0.4, 0.5) is 5.69 Å². The second-order valence-electron chi connectivity index (χ2n) is 5.64. The van der Waals surface area contributed by atoms with E-state index < -0.39 is 0 Å². The minimum Gasteiger partial charge on any atom is -0.486 e. The zero-order chi connectivity index (χ0) is 13.1. The molecule has 3 nitrogen and oxygen atoms in total. The molecule has 0 saturated heterocycles. The minimum absolute atomic E-state index is 0.612. The van der Waals surface area contributed by atoms with Crippen molar-refractivity contribution in [3.63, 3.8) is 0 Å². The Kier molecular flexibility index (Phi) is 3.81. The van der Waals surface area contributed by atoms with Crippen LogP contribution >= 0.6 is 0 Å². The van der Waals surface area contributed by atoms with Crippen molar-refractivity contribution in [3.8, 4) is 11.5 Å². The van der Waals surface area contributed by atoms with Gasteiger partial charge >= 0.3 is 0 Å². The minimum atomic E-state index is 0.612. The SMILES string of the molecule is CCC1CCCC(Nc2ccc3c(c2)OCCO3)C1. The summed E-state index contributed by atoms with van der Waals surface area (Å²) >= 11 is 0. The first kappa shape index (κ1) is 12.6. The highest BCUT2D eigenvalue weighted by atomic mass is 16.6. The summed E-state index contributed by atoms with van der Waals surface area (Å²) in [5.74, 6) is 2.63. The Balaban J connectivity index is 1.66. The zero-order valence-electron chi connectivity index (χ0n) is 11.7. The summed E-state index contributed by atoms with van der Waals surface area (Å²) in [5.41, 5.74) is 1.16. The molecule has 0 spiro atoms. The summed E-state index contributed by atoms with van der Waals surface area (Å²) in [7, 11) is 0. The van der Waals surface area contributed by atoms with E-state index in [0.29, 0.717) is 19.3 Å². The molecule has 1 fully saturated rings. The molecule has 1 saturated carbocycles. The molecule has 3 heteroatoms. The van der Waals surface area contributed by atoms with Gasteiger partial charge in [0.2, 0.25) is 0 Å². The van der Waals surface area contributed by atoms with Crippen molar-refractivity contribution in [2.75, 3.05) is 18.5 Å². The van der Waals surface area contributed by atoms with Crippen LogP contribution in [-0.2, 0) is 0 Å². The van der Waals surface area contributed by atoms with Crippen molar-refractivity contribution in [1.82, 2.24) is 0 Å². The van der Waals surface area contributed by atoms with Gasteiger partial charge in [-0.1, -0.05) is 26.2 Å². The molecule has 0 aromatic heterocycles. The highest BCUT2D eigenvalue weighted by Gasteiger charge is 2.21. The fourth-order valence-corrected chi connectivity index (χ4v) is 3.16. The molecule has 1 aliphatic carbocycles. The standard InChI is InChI=1S/C16H23NO2/c1-2-12-4-3-5-13(10-12)17-14-6-7-15-16(11-14)19-9-8-18-15/h6-7,11-13,17H,2-5,8-10H2,1H3. The number of hydrogen-bond donors (Lipinski definition) is 1. The second kappa shape index (κ2) is 5.72. The number of fused-ring (bicyclic) bond motifs is 1. The van der Waals surface area contributed by atoms with Gasteiger partial charge in [0, 0.05) is 17.8 Å². The topological polar surface area (TPSA) is 30.5 Å². The van der Waals surface area contributed by atoms with E-state index in [1.165, 1.54) is 32.1 Å². The maximum Gasteiger partial charge on any atom is 0.163 e. The lowest BCUT2D eigenvalue weighted by Crippen LogP contribution is -2.27. The first-order valence-corrected chi connectivity index (χ1v) is 7.51. The van der Waals surface area contributed by atoms with Crippen molar-refractivity contribution in [3.05, 3.63) is 18.2 Å². The van der Waals surface area contributed by atoms with Gasteiger partial charge in [-0.3, -0.25) is 0 Å². The summed E-state index contributed by atoms with van der Waals surface area (Å²) in [5, 5.41) is 3.66. The van der Waals surface area contributed by atoms with Crippen LogP contribution in [-0.4, -0.2) is 19.3 Å². The van der Waals surface area contributed by atoms with Gasteiger partial charge in [0.15, 0.2) is 11.5 Å². The van der Waals surface area contributed by atoms with Crippen LogP contribution in [0.15, 0.2) is 18.2 Å². The van der Waals surface area contributed by atoms with Gasteiger partial charge in [0.05, 0.1) is 0 Å². The lowest BCUT2D eigenvalue weighted by atomic mass is 9.84. The molecular weight excluding hydrogens is 238 g/mol. The number of ether oxygens (including phenoxy) is 2. The Morgan fingerprint density at radius 3 is 2.84 bits per heavy atom. The van der Waals surface area contributed by atoms with Gasteiger partial charge in [-0.2, -0.15) is 0 Å². The molecule has 0 amide bonds. The van der Waals surface area contributed by atoms with Crippen LogP contribution < -0.4 is 14.8 Å². The molecule has 2 unspecified atom stereocenters. The summed E-state index contributed by atoms with van der Waals surface area (Å²) in [6.07, 6.45) is 6.63. The Hall–Kier alpha value is -1.38. The van der Waals surface area contributed by atoms with E-state index in [1.54, 1.807) is 0 Å². The van der Waals surface area contributed by atoms with Crippen LogP contribution in [0, 0.1) is 5.92 Å². The van der Waals surface area contributed by atoms with E-state index in [-0.39, 0.29) is 0 Å². The highest BCUT2D eigenvalue weighted by molar-refractivity contribution is 5.55. The Labute approximate surface area is 115 Å². The largest absolute Gasteiger partial charge is 0.486 e. The number of nitrogens with one attached hydrogen (secondary N) is 1. The number of rotatable bonds is 3. The number of benzene rings is 1. The maximum absolute atomic E-state index is 5.63. The summed E-state index contributed by atoms with van der Waals surface area (Å²) in [4.78, 5) is 0. The van der Waals surface area contributed by atoms with Gasteiger partial charge in [0.25, 0.3) is 0 Å². The van der Waals surface area contributed by atoms with Crippen LogP contribution in [0.25, 0.3) is 0 Å². The molecule has 2 atom stereocenters. The molecule has 2 aliphatic rings. The van der Waals surface area contributed by atoms with E-state index in [1.807, 2.05) is 6.07 Å². The van der Waals surface area contributed by atoms with Crippen LogP contribution in [0.5, 0.6) is 11.5 Å². The van der Waals surface area contributed by atoms with Crippen LogP contribution in [0.1, 0.15) is 39.0 Å². The average Bonchev–Trinajstić information content (AvgIpc) is 2.47. The molecule has 1 heterocycles. The average molecular weight is 261 g/mol. The molecule has 0 radical (unpaired) electrons. The van der Waals surface area contributed by atoms with Crippen LogP contribution in [0.3, 0.4) is 0 Å². The predicted octanol–water partition coefficient (Wildman–Crippen LogP) is 3.84. The van der Waals surface area contributed by atoms with E-state index in [2.05, 4.69) is 24.4 Å². The van der Waals surface area contributed by atoms with Crippen molar-refractivity contribution < 1.29 is 9.47 Å². The molecule has 104 valence electrons. The second-order valence-corrected chi connectivity index (χ2v) is 5.64. The van der Waals surface area contributed by atoms with E-state index >= 15 is 0 Å². The summed E-state index contributed by atoms with van der Waals surface area (Å²) < 4.78 is 11.2. The molecule has 3 rings (SSSR count).